The maximum atomic E-state index is 13.8. The molecule has 5 aromatic rings. The SMILES string of the molecule is O=C1CCC(N2CCN(c3ccc(C(=O)NS(=O)(=O)c4ccc(NCC5CCOCC5)c([N+](=O)[O-])c4)c(Oc4cnc5[nH]ccc5c4)c3)CC2)c2ccccc2N1. The number of carbonyl (C=O) groups is 2. The Balaban J connectivity index is 1.02. The van der Waals surface area contributed by atoms with Crippen molar-refractivity contribution in [3.05, 3.63) is 106 Å². The molecule has 0 spiro atoms. The minimum Gasteiger partial charge on any atom is -0.455 e. The van der Waals surface area contributed by atoms with Gasteiger partial charge in [-0.2, -0.15) is 0 Å². The molecule has 3 aliphatic rings. The van der Waals surface area contributed by atoms with E-state index in [1.807, 2.05) is 24.3 Å². The second-order valence-corrected chi connectivity index (χ2v) is 16.1. The van der Waals surface area contributed by atoms with Crippen LogP contribution in [-0.4, -0.2) is 86.0 Å². The monoisotopic (exact) mass is 794 g/mol. The number of nitro benzene ring substituents is 1. The van der Waals surface area contributed by atoms with E-state index in [0.717, 1.165) is 41.2 Å². The molecule has 2 fully saturated rings. The predicted molar refractivity (Wildman–Crippen MR) is 213 cm³/mol. The number of ether oxygens (including phenoxy) is 2. The molecule has 3 aliphatic heterocycles. The van der Waals surface area contributed by atoms with Gasteiger partial charge in [0.1, 0.15) is 22.8 Å². The van der Waals surface area contributed by atoms with Gasteiger partial charge in [0.15, 0.2) is 0 Å². The summed E-state index contributed by atoms with van der Waals surface area (Å²) in [5.74, 6) is -0.274. The molecule has 57 heavy (non-hydrogen) atoms. The standard InChI is InChI=1S/C40H42N8O8S/c49-38-10-9-35(31-3-1-2-4-33(31)44-38)47-17-15-46(16-18-47)28-5-7-32(37(22-28)56-29-21-27-11-14-41-39(27)43-25-29)40(50)45-57(53,54)30-6-8-34(36(23-30)48(51)52)42-24-26-12-19-55-20-13-26/h1-8,11,14,21-23,25-26,35,42H,9-10,12-13,15-20,24H2,(H,41,43)(H,44,49)(H,45,50). The molecule has 0 radical (unpaired) electrons. The number of nitro groups is 1. The highest BCUT2D eigenvalue weighted by Gasteiger charge is 2.31. The normalized spacial score (nSPS) is 18.0. The van der Waals surface area contributed by atoms with Crippen molar-refractivity contribution in [3.8, 4) is 11.5 Å². The number of amides is 2. The van der Waals surface area contributed by atoms with Crippen LogP contribution in [0, 0.1) is 16.0 Å². The number of aromatic amines is 1. The van der Waals surface area contributed by atoms with Gasteiger partial charge >= 0.3 is 0 Å². The minimum atomic E-state index is -4.56. The van der Waals surface area contributed by atoms with Crippen molar-refractivity contribution >= 4 is 55.6 Å². The number of piperazine rings is 1. The van der Waals surface area contributed by atoms with Crippen molar-refractivity contribution < 1.29 is 32.4 Å². The lowest BCUT2D eigenvalue weighted by Crippen LogP contribution is -2.47. The van der Waals surface area contributed by atoms with Crippen molar-refractivity contribution in [1.82, 2.24) is 19.6 Å². The Morgan fingerprint density at radius 1 is 1.00 bits per heavy atom. The van der Waals surface area contributed by atoms with Crippen molar-refractivity contribution in [2.45, 2.75) is 36.6 Å². The van der Waals surface area contributed by atoms with E-state index < -0.39 is 31.4 Å². The number of H-pyrrole nitrogens is 1. The lowest BCUT2D eigenvalue weighted by atomic mass is 9.99. The van der Waals surface area contributed by atoms with Crippen LogP contribution in [0.4, 0.5) is 22.7 Å². The van der Waals surface area contributed by atoms with Crippen LogP contribution < -0.4 is 25.0 Å². The first-order chi connectivity index (χ1) is 27.6. The van der Waals surface area contributed by atoms with Gasteiger partial charge in [-0.15, -0.1) is 0 Å². The van der Waals surface area contributed by atoms with Gasteiger partial charge in [-0.1, -0.05) is 18.2 Å². The first kappa shape index (κ1) is 37.9. The smallest absolute Gasteiger partial charge is 0.293 e. The Hall–Kier alpha value is -6.04. The van der Waals surface area contributed by atoms with Crippen LogP contribution >= 0.6 is 0 Å². The third-order valence-corrected chi connectivity index (χ3v) is 12.1. The molecule has 2 amide bonds. The summed E-state index contributed by atoms with van der Waals surface area (Å²) < 4.78 is 41.0. The molecule has 296 valence electrons. The van der Waals surface area contributed by atoms with Crippen molar-refractivity contribution in [1.29, 1.82) is 0 Å². The third kappa shape index (κ3) is 8.40. The van der Waals surface area contributed by atoms with Gasteiger partial charge in [-0.05, 0) is 73.2 Å². The molecule has 17 heteroatoms. The zero-order valence-electron chi connectivity index (χ0n) is 31.0. The molecule has 1 atom stereocenters. The molecule has 1 unspecified atom stereocenters. The number of sulfonamides is 1. The molecule has 2 aromatic heterocycles. The molecule has 0 bridgehead atoms. The lowest BCUT2D eigenvalue weighted by Gasteiger charge is -2.40. The van der Waals surface area contributed by atoms with Crippen LogP contribution in [0.15, 0.2) is 90.1 Å². The van der Waals surface area contributed by atoms with Gasteiger partial charge in [0.2, 0.25) is 5.91 Å². The number of carbonyl (C=O) groups excluding carboxylic acids is 2. The highest BCUT2D eigenvalue weighted by Crippen LogP contribution is 2.37. The molecule has 8 rings (SSSR count). The van der Waals surface area contributed by atoms with Crippen molar-refractivity contribution in [2.75, 3.05) is 61.5 Å². The Morgan fingerprint density at radius 2 is 1.81 bits per heavy atom. The maximum Gasteiger partial charge on any atom is 0.293 e. The van der Waals surface area contributed by atoms with Crippen LogP contribution in [0.1, 0.15) is 47.6 Å². The summed E-state index contributed by atoms with van der Waals surface area (Å²) in [6, 6.07) is 20.0. The zero-order chi connectivity index (χ0) is 39.5. The maximum absolute atomic E-state index is 13.8. The van der Waals surface area contributed by atoms with Crippen molar-refractivity contribution in [3.63, 3.8) is 0 Å². The van der Waals surface area contributed by atoms with Gasteiger partial charge < -0.3 is 30.0 Å². The van der Waals surface area contributed by atoms with Crippen LogP contribution in [0.2, 0.25) is 0 Å². The molecule has 2 saturated heterocycles. The average molecular weight is 795 g/mol. The number of anilines is 3. The lowest BCUT2D eigenvalue weighted by molar-refractivity contribution is -0.384. The summed E-state index contributed by atoms with van der Waals surface area (Å²) in [4.78, 5) is 49.2. The summed E-state index contributed by atoms with van der Waals surface area (Å²) in [5.41, 5.74) is 3.04. The Labute approximate surface area is 328 Å². The predicted octanol–water partition coefficient (Wildman–Crippen LogP) is 5.82. The number of hydrogen-bond acceptors (Lipinski definition) is 12. The first-order valence-electron chi connectivity index (χ1n) is 18.9. The number of benzene rings is 3. The van der Waals surface area contributed by atoms with Crippen LogP contribution in [0.5, 0.6) is 11.5 Å². The molecule has 3 aromatic carbocycles. The van der Waals surface area contributed by atoms with Gasteiger partial charge in [0.05, 0.1) is 21.6 Å². The van der Waals surface area contributed by atoms with E-state index in [2.05, 4.69) is 41.2 Å². The Kier molecular flexibility index (Phi) is 10.8. The number of hydrogen-bond donors (Lipinski definition) is 4. The number of fused-ring (bicyclic) bond motifs is 2. The van der Waals surface area contributed by atoms with E-state index in [1.54, 1.807) is 24.4 Å². The van der Waals surface area contributed by atoms with Gasteiger partial charge in [-0.25, -0.2) is 18.1 Å². The van der Waals surface area contributed by atoms with E-state index in [0.29, 0.717) is 70.2 Å². The van der Waals surface area contributed by atoms with E-state index >= 15 is 0 Å². The fourth-order valence-electron chi connectivity index (χ4n) is 7.71. The molecule has 0 saturated carbocycles. The summed E-state index contributed by atoms with van der Waals surface area (Å²) in [7, 11) is -4.56. The van der Waals surface area contributed by atoms with Gasteiger partial charge in [-0.3, -0.25) is 24.6 Å². The highest BCUT2D eigenvalue weighted by atomic mass is 32.2. The van der Waals surface area contributed by atoms with Crippen molar-refractivity contribution in [2.24, 2.45) is 5.92 Å². The van der Waals surface area contributed by atoms with Crippen LogP contribution in [-0.2, 0) is 19.6 Å². The largest absolute Gasteiger partial charge is 0.455 e. The quantitative estimate of drug-likeness (QED) is 0.0925. The topological polar surface area (TPSA) is 201 Å². The molecule has 4 N–H and O–H groups in total. The summed E-state index contributed by atoms with van der Waals surface area (Å²) in [5, 5.41) is 18.9. The summed E-state index contributed by atoms with van der Waals surface area (Å²) in [6.45, 7) is 4.45. The number of nitrogens with one attached hydrogen (secondary N) is 4. The van der Waals surface area contributed by atoms with E-state index in [9.17, 15) is 28.1 Å². The first-order valence-corrected chi connectivity index (χ1v) is 20.4. The number of aromatic nitrogens is 2. The number of para-hydroxylation sites is 1. The molecule has 0 aliphatic carbocycles. The van der Waals surface area contributed by atoms with Gasteiger partial charge in [0, 0.05) is 93.5 Å². The van der Waals surface area contributed by atoms with Crippen LogP contribution in [0.3, 0.4) is 0 Å². The number of pyridine rings is 1. The molecule has 5 heterocycles. The Bertz CT molecular complexity index is 2430. The van der Waals surface area contributed by atoms with E-state index in [1.165, 1.54) is 24.4 Å². The zero-order valence-corrected chi connectivity index (χ0v) is 31.8. The van der Waals surface area contributed by atoms with Gasteiger partial charge in [0.25, 0.3) is 21.6 Å². The second kappa shape index (κ2) is 16.2. The second-order valence-electron chi connectivity index (χ2n) is 14.4. The molecular formula is C40H42N8O8S. The Morgan fingerprint density at radius 3 is 2.61 bits per heavy atom. The van der Waals surface area contributed by atoms with E-state index in [4.69, 9.17) is 9.47 Å². The number of nitrogens with zero attached hydrogens (tertiary/aromatic N) is 4. The highest BCUT2D eigenvalue weighted by molar-refractivity contribution is 7.90. The molecule has 16 nitrogen and oxygen atoms in total. The third-order valence-electron chi connectivity index (χ3n) is 10.8. The molecular weight excluding hydrogens is 753 g/mol. The minimum absolute atomic E-state index is 0.00650. The average Bonchev–Trinajstić information content (AvgIpc) is 3.62. The summed E-state index contributed by atoms with van der Waals surface area (Å²) >= 11 is 0. The fourth-order valence-corrected chi connectivity index (χ4v) is 8.70. The number of rotatable bonds is 11. The van der Waals surface area contributed by atoms with E-state index in [-0.39, 0.29) is 34.9 Å². The fraction of sp³-hybridized carbons (Fsp3) is 0.325. The van der Waals surface area contributed by atoms with Crippen LogP contribution in [0.25, 0.3) is 11.0 Å². The summed E-state index contributed by atoms with van der Waals surface area (Å²) in [6.07, 6.45) is 6.02.